The van der Waals surface area contributed by atoms with Crippen LogP contribution in [0.5, 0.6) is 0 Å². The maximum absolute atomic E-state index is 13.1. The molecule has 0 aliphatic rings. The largest absolute Gasteiger partial charge is 0.352 e. The molecule has 0 saturated heterocycles. The van der Waals surface area contributed by atoms with Crippen molar-refractivity contribution in [3.63, 3.8) is 0 Å². The number of carbonyl (C=O) groups excluding carboxylic acids is 1. The Morgan fingerprint density at radius 1 is 1.21 bits per heavy atom. The third-order valence-corrected chi connectivity index (χ3v) is 4.72. The Morgan fingerprint density at radius 2 is 2.00 bits per heavy atom. The van der Waals surface area contributed by atoms with Crippen LogP contribution in [0.25, 0.3) is 22.4 Å². The summed E-state index contributed by atoms with van der Waals surface area (Å²) in [5.74, 6) is 0.725. The highest BCUT2D eigenvalue weighted by molar-refractivity contribution is 5.87. The summed E-state index contributed by atoms with van der Waals surface area (Å²) in [7, 11) is 0. The van der Waals surface area contributed by atoms with Gasteiger partial charge in [-0.15, -0.1) is 0 Å². The van der Waals surface area contributed by atoms with Gasteiger partial charge < -0.3 is 9.88 Å². The minimum atomic E-state index is -0.351. The lowest BCUT2D eigenvalue weighted by Crippen LogP contribution is -2.37. The quantitative estimate of drug-likeness (QED) is 0.644. The van der Waals surface area contributed by atoms with E-state index >= 15 is 0 Å². The number of nitriles is 1. The van der Waals surface area contributed by atoms with Gasteiger partial charge >= 0.3 is 0 Å². The molecule has 28 heavy (non-hydrogen) atoms. The maximum Gasteiger partial charge on any atom is 0.243 e. The molecule has 0 aliphatic heterocycles. The van der Waals surface area contributed by atoms with Crippen LogP contribution in [0.3, 0.4) is 0 Å². The van der Waals surface area contributed by atoms with E-state index in [1.165, 1.54) is 0 Å². The number of nitrogens with one attached hydrogen (secondary N) is 1. The average molecular weight is 374 g/mol. The molecule has 0 radical (unpaired) electrons. The van der Waals surface area contributed by atoms with E-state index in [1.54, 1.807) is 6.07 Å². The molecule has 0 bridgehead atoms. The molecule has 5 nitrogen and oxygen atoms in total. The van der Waals surface area contributed by atoms with Crippen LogP contribution in [0.15, 0.2) is 48.5 Å². The highest BCUT2D eigenvalue weighted by Gasteiger charge is 2.26. The second kappa shape index (κ2) is 8.71. The lowest BCUT2D eigenvalue weighted by atomic mass is 10.1. The molecular weight excluding hydrogens is 348 g/mol. The number of benzene rings is 2. The molecule has 1 amide bonds. The van der Waals surface area contributed by atoms with E-state index in [2.05, 4.69) is 18.3 Å². The zero-order valence-corrected chi connectivity index (χ0v) is 16.6. The summed E-state index contributed by atoms with van der Waals surface area (Å²) in [6.45, 7) is 6.07. The van der Waals surface area contributed by atoms with Gasteiger partial charge in [0.25, 0.3) is 0 Å². The van der Waals surface area contributed by atoms with E-state index in [1.807, 2.05) is 60.9 Å². The Morgan fingerprint density at radius 3 is 2.71 bits per heavy atom. The number of rotatable bonds is 7. The lowest BCUT2D eigenvalue weighted by molar-refractivity contribution is -0.124. The van der Waals surface area contributed by atoms with Crippen LogP contribution in [0.1, 0.15) is 51.6 Å². The number of amides is 1. The molecular formula is C23H26N4O. The topological polar surface area (TPSA) is 70.7 Å². The summed E-state index contributed by atoms with van der Waals surface area (Å²) in [5, 5.41) is 12.4. The van der Waals surface area contributed by atoms with Gasteiger partial charge in [-0.3, -0.25) is 4.79 Å². The number of fused-ring (bicyclic) bond motifs is 1. The molecule has 1 heterocycles. The van der Waals surface area contributed by atoms with Crippen LogP contribution in [0.4, 0.5) is 0 Å². The zero-order valence-electron chi connectivity index (χ0n) is 16.6. The van der Waals surface area contributed by atoms with Crippen LogP contribution in [-0.4, -0.2) is 21.5 Å². The summed E-state index contributed by atoms with van der Waals surface area (Å²) in [6.07, 6.45) is 2.69. The maximum atomic E-state index is 13.1. The molecule has 0 saturated carbocycles. The van der Waals surface area contributed by atoms with E-state index in [9.17, 15) is 10.1 Å². The van der Waals surface area contributed by atoms with E-state index < -0.39 is 0 Å². The number of hydrogen-bond donors (Lipinski definition) is 1. The van der Waals surface area contributed by atoms with E-state index in [4.69, 9.17) is 4.98 Å². The van der Waals surface area contributed by atoms with Gasteiger partial charge in [-0.05, 0) is 44.5 Å². The van der Waals surface area contributed by atoms with Gasteiger partial charge in [0.05, 0.1) is 22.7 Å². The number of aromatic nitrogens is 2. The first kappa shape index (κ1) is 19.6. The van der Waals surface area contributed by atoms with Gasteiger partial charge in [0.2, 0.25) is 5.91 Å². The van der Waals surface area contributed by atoms with Crippen molar-refractivity contribution in [2.24, 2.45) is 0 Å². The van der Waals surface area contributed by atoms with Gasteiger partial charge in [-0.2, -0.15) is 5.26 Å². The molecule has 0 fully saturated rings. The average Bonchev–Trinajstić information content (AvgIpc) is 3.07. The fourth-order valence-electron chi connectivity index (χ4n) is 3.45. The number of carbonyl (C=O) groups is 1. The highest BCUT2D eigenvalue weighted by atomic mass is 16.2. The molecule has 0 aliphatic carbocycles. The zero-order chi connectivity index (χ0) is 20.1. The van der Waals surface area contributed by atoms with E-state index in [0.717, 1.165) is 41.7 Å². The molecule has 3 aromatic rings. The first-order valence-electron chi connectivity index (χ1n) is 9.83. The fraction of sp³-hybridized carbons (Fsp3) is 0.348. The van der Waals surface area contributed by atoms with Crippen molar-refractivity contribution < 1.29 is 4.79 Å². The monoisotopic (exact) mass is 374 g/mol. The number of hydrogen-bond acceptors (Lipinski definition) is 3. The van der Waals surface area contributed by atoms with Crippen LogP contribution in [-0.2, 0) is 4.79 Å². The van der Waals surface area contributed by atoms with E-state index in [0.29, 0.717) is 5.56 Å². The Labute approximate surface area is 166 Å². The van der Waals surface area contributed by atoms with Crippen molar-refractivity contribution in [2.75, 3.05) is 0 Å². The molecule has 3 rings (SSSR count). The van der Waals surface area contributed by atoms with Crippen LogP contribution in [0, 0.1) is 11.3 Å². The Bertz CT molecular complexity index is 1010. The Kier molecular flexibility index (Phi) is 6.10. The third kappa shape index (κ3) is 4.07. The van der Waals surface area contributed by atoms with Gasteiger partial charge in [-0.1, -0.05) is 44.0 Å². The molecule has 144 valence electrons. The number of nitrogens with zero attached hydrogens (tertiary/aromatic N) is 3. The van der Waals surface area contributed by atoms with Gasteiger partial charge in [0.15, 0.2) is 0 Å². The fourth-order valence-corrected chi connectivity index (χ4v) is 3.45. The second-order valence-corrected chi connectivity index (χ2v) is 7.31. The molecule has 0 spiro atoms. The first-order chi connectivity index (χ1) is 13.5. The number of para-hydroxylation sites is 2. The minimum Gasteiger partial charge on any atom is -0.352 e. The molecule has 2 aromatic carbocycles. The number of unbranched alkanes of at least 4 members (excludes halogenated alkanes) is 1. The Hall–Kier alpha value is -3.13. The first-order valence-corrected chi connectivity index (χ1v) is 9.83. The molecule has 1 aromatic heterocycles. The normalized spacial score (nSPS) is 12.1. The molecule has 5 heteroatoms. The van der Waals surface area contributed by atoms with Crippen LogP contribution < -0.4 is 5.32 Å². The highest BCUT2D eigenvalue weighted by Crippen LogP contribution is 2.31. The lowest BCUT2D eigenvalue weighted by Gasteiger charge is -2.22. The molecule has 1 unspecified atom stereocenters. The summed E-state index contributed by atoms with van der Waals surface area (Å²) < 4.78 is 2.04. The van der Waals surface area contributed by atoms with Gasteiger partial charge in [0, 0.05) is 11.6 Å². The van der Waals surface area contributed by atoms with Gasteiger partial charge in [-0.25, -0.2) is 4.98 Å². The van der Waals surface area contributed by atoms with Gasteiger partial charge in [0.1, 0.15) is 11.9 Å². The smallest absolute Gasteiger partial charge is 0.243 e. The Balaban J connectivity index is 2.20. The predicted molar refractivity (Wildman–Crippen MR) is 112 cm³/mol. The number of imidazole rings is 1. The van der Waals surface area contributed by atoms with Crippen molar-refractivity contribution >= 4 is 16.9 Å². The second-order valence-electron chi connectivity index (χ2n) is 7.31. The SMILES string of the molecule is CCCCC(C(=O)NC(C)C)n1c(-c2cccc(C#N)c2)nc2ccccc21. The third-order valence-electron chi connectivity index (χ3n) is 4.72. The standard InChI is InChI=1S/C23H26N4O/c1-4-5-12-21(23(28)25-16(2)3)27-20-13-7-6-11-19(20)26-22(27)18-10-8-9-17(14-18)15-24/h6-11,13-14,16,21H,4-5,12H2,1-3H3,(H,25,28). The van der Waals surface area contributed by atoms with Crippen molar-refractivity contribution in [2.45, 2.75) is 52.1 Å². The van der Waals surface area contributed by atoms with Crippen molar-refractivity contribution in [3.8, 4) is 17.5 Å². The molecule has 1 atom stereocenters. The summed E-state index contributed by atoms with van der Waals surface area (Å²) in [6, 6.07) is 17.2. The van der Waals surface area contributed by atoms with Crippen molar-refractivity contribution in [3.05, 3.63) is 54.1 Å². The minimum absolute atomic E-state index is 0.00397. The van der Waals surface area contributed by atoms with E-state index in [-0.39, 0.29) is 18.0 Å². The van der Waals surface area contributed by atoms with Crippen molar-refractivity contribution in [1.29, 1.82) is 5.26 Å². The van der Waals surface area contributed by atoms with Crippen molar-refractivity contribution in [1.82, 2.24) is 14.9 Å². The molecule has 1 N–H and O–H groups in total. The summed E-state index contributed by atoms with van der Waals surface area (Å²) in [4.78, 5) is 17.9. The van der Waals surface area contributed by atoms with Crippen LogP contribution in [0.2, 0.25) is 0 Å². The van der Waals surface area contributed by atoms with Crippen LogP contribution >= 0.6 is 0 Å². The predicted octanol–water partition coefficient (Wildman–Crippen LogP) is 4.83. The summed E-state index contributed by atoms with van der Waals surface area (Å²) in [5.41, 5.74) is 3.19. The summed E-state index contributed by atoms with van der Waals surface area (Å²) >= 11 is 0.